The third-order valence-corrected chi connectivity index (χ3v) is 7.06. The van der Waals surface area contributed by atoms with Crippen LogP contribution in [0.2, 0.25) is 0 Å². The van der Waals surface area contributed by atoms with Crippen LogP contribution in [0.25, 0.3) is 0 Å². The molecule has 1 saturated heterocycles. The van der Waals surface area contributed by atoms with Crippen LogP contribution >= 0.6 is 0 Å². The maximum absolute atomic E-state index is 13.6. The lowest BCUT2D eigenvalue weighted by Crippen LogP contribution is -2.65. The van der Waals surface area contributed by atoms with E-state index in [4.69, 9.17) is 22.9 Å². The van der Waals surface area contributed by atoms with Gasteiger partial charge in [-0.15, -0.1) is 0 Å². The summed E-state index contributed by atoms with van der Waals surface area (Å²) in [6, 6.07) is -10.4. The van der Waals surface area contributed by atoms with Gasteiger partial charge in [-0.05, 0) is 13.0 Å². The summed E-state index contributed by atoms with van der Waals surface area (Å²) >= 11 is 0. The smallest absolute Gasteiger partial charge is 0.316 e. The number of aliphatic hydroxyl groups excluding tert-OH is 4. The number of nitrogens with one attached hydrogen (secondary N) is 8. The minimum atomic E-state index is -1.81. The molecule has 49 heavy (non-hydrogen) atoms. The molecule has 2 rings (SSSR count). The Labute approximate surface area is 278 Å². The lowest BCUT2D eigenvalue weighted by Gasteiger charge is -2.33. The van der Waals surface area contributed by atoms with Crippen LogP contribution in [-0.2, 0) is 28.8 Å². The molecule has 20 N–H and O–H groups in total. The van der Waals surface area contributed by atoms with Gasteiger partial charge >= 0.3 is 6.03 Å². The van der Waals surface area contributed by atoms with Crippen molar-refractivity contribution in [2.45, 2.75) is 67.8 Å². The van der Waals surface area contributed by atoms with E-state index in [0.29, 0.717) is 6.20 Å². The standard InChI is InChI=1S/C25H43N13O11/c26-2-1-15(41)9(27)3-16(42)32-11-5-30-23(48)18(10-4-17(43)37-24(28)36-10)38-20(45)12(6-31-25(29)49)33-21(46)13(7-39)35-22(47)14(8-40)34-19(11)44/h6,9-11,13-15,17-18,39-41,43H,1-5,7-8,26-27H2,(H,30,48)(H,32,42)(H,33,46)(H,34,44)(H,35,47)(H,38,45)(H3,28,36,37)(H3,29,31,49)/b12-6-/t9?,10?,11?,13?,14?,15?,17-,18?/m0/s1. The Morgan fingerprint density at radius 3 is 2.20 bits per heavy atom. The third kappa shape index (κ3) is 12.4. The summed E-state index contributed by atoms with van der Waals surface area (Å²) in [6.45, 7) is -2.75. The average molecular weight is 702 g/mol. The van der Waals surface area contributed by atoms with Crippen molar-refractivity contribution in [2.75, 3.05) is 26.3 Å². The molecule has 274 valence electrons. The molecular weight excluding hydrogens is 658 g/mol. The van der Waals surface area contributed by atoms with Crippen LogP contribution in [0.4, 0.5) is 4.79 Å². The Balaban J connectivity index is 2.55. The molecule has 0 spiro atoms. The van der Waals surface area contributed by atoms with E-state index < -0.39 is 122 Å². The second-order valence-corrected chi connectivity index (χ2v) is 10.9. The number of hydrogen-bond acceptors (Lipinski definition) is 16. The van der Waals surface area contributed by atoms with Crippen LogP contribution < -0.4 is 65.5 Å². The summed E-state index contributed by atoms with van der Waals surface area (Å²) in [5.41, 5.74) is 21.3. The number of aliphatic imine (C=N–C) groups is 1. The Hall–Kier alpha value is -5.14. The summed E-state index contributed by atoms with van der Waals surface area (Å²) in [7, 11) is 0. The fourth-order valence-electron chi connectivity index (χ4n) is 4.48. The van der Waals surface area contributed by atoms with E-state index >= 15 is 0 Å². The fourth-order valence-corrected chi connectivity index (χ4v) is 4.48. The molecule has 0 aromatic rings. The van der Waals surface area contributed by atoms with Gasteiger partial charge in [0.1, 0.15) is 29.9 Å². The number of aliphatic hydroxyl groups is 4. The fraction of sp³-hybridized carbons (Fsp3) is 0.600. The van der Waals surface area contributed by atoms with E-state index in [0.717, 1.165) is 0 Å². The van der Waals surface area contributed by atoms with E-state index in [-0.39, 0.29) is 25.3 Å². The molecule has 0 radical (unpaired) electrons. The minimum absolute atomic E-state index is 0.0658. The van der Waals surface area contributed by atoms with Crippen molar-refractivity contribution in [3.63, 3.8) is 0 Å². The SMILES string of the molecule is NCCC(O)C(N)CC(=O)NC1CNC(=O)C(C2C[C@H](O)N=C(N)N2)NC(=O)/C(=C/NC(N)=O)NC(=O)C(CO)NC(=O)C(CO)NC1=O. The maximum atomic E-state index is 13.6. The average Bonchev–Trinajstić information content (AvgIpc) is 3.03. The van der Waals surface area contributed by atoms with Gasteiger partial charge in [0.05, 0.1) is 25.4 Å². The zero-order valence-corrected chi connectivity index (χ0v) is 26.0. The van der Waals surface area contributed by atoms with Crippen molar-refractivity contribution in [1.82, 2.24) is 42.5 Å². The highest BCUT2D eigenvalue weighted by atomic mass is 16.3. The molecule has 2 aliphatic heterocycles. The number of carbonyl (C=O) groups is 7. The first-order valence-electron chi connectivity index (χ1n) is 14.8. The van der Waals surface area contributed by atoms with Crippen molar-refractivity contribution in [3.05, 3.63) is 11.9 Å². The van der Waals surface area contributed by atoms with Crippen LogP contribution in [0.15, 0.2) is 16.9 Å². The molecule has 8 atom stereocenters. The summed E-state index contributed by atoms with van der Waals surface area (Å²) in [5, 5.41) is 57.7. The summed E-state index contributed by atoms with van der Waals surface area (Å²) in [6.07, 6.45) is -2.69. The number of urea groups is 1. The number of guanidine groups is 1. The Morgan fingerprint density at radius 2 is 1.61 bits per heavy atom. The lowest BCUT2D eigenvalue weighted by molar-refractivity contribution is -0.135. The van der Waals surface area contributed by atoms with Crippen molar-refractivity contribution >= 4 is 47.4 Å². The van der Waals surface area contributed by atoms with E-state index in [2.05, 4.69) is 42.2 Å². The van der Waals surface area contributed by atoms with Gasteiger partial charge in [-0.1, -0.05) is 0 Å². The summed E-state index contributed by atoms with van der Waals surface area (Å²) in [5.74, 6) is -7.02. The number of carbonyl (C=O) groups excluding carboxylic acids is 7. The highest BCUT2D eigenvalue weighted by Crippen LogP contribution is 2.11. The van der Waals surface area contributed by atoms with Gasteiger partial charge in [-0.25, -0.2) is 9.79 Å². The molecule has 7 unspecified atom stereocenters. The topological polar surface area (TPSA) is 413 Å². The second kappa shape index (κ2) is 19.0. The van der Waals surface area contributed by atoms with Gasteiger partial charge in [-0.3, -0.25) is 28.8 Å². The number of rotatable bonds is 10. The van der Waals surface area contributed by atoms with Gasteiger partial charge in [0.2, 0.25) is 29.5 Å². The lowest BCUT2D eigenvalue weighted by atomic mass is 10.0. The first-order valence-corrected chi connectivity index (χ1v) is 14.8. The molecule has 1 fully saturated rings. The molecule has 0 aromatic heterocycles. The Morgan fingerprint density at radius 1 is 0.980 bits per heavy atom. The third-order valence-electron chi connectivity index (χ3n) is 7.06. The molecule has 0 aromatic carbocycles. The van der Waals surface area contributed by atoms with Gasteiger partial charge in [0.25, 0.3) is 5.91 Å². The molecule has 0 bridgehead atoms. The van der Waals surface area contributed by atoms with E-state index in [9.17, 15) is 54.0 Å². The molecular formula is C25H43N13O11. The van der Waals surface area contributed by atoms with Crippen molar-refractivity contribution in [1.29, 1.82) is 0 Å². The monoisotopic (exact) mass is 701 g/mol. The first-order chi connectivity index (χ1) is 23.1. The zero-order chi connectivity index (χ0) is 36.8. The van der Waals surface area contributed by atoms with Crippen molar-refractivity contribution in [2.24, 2.45) is 27.9 Å². The maximum Gasteiger partial charge on any atom is 0.316 e. The first kappa shape index (κ1) is 40.0. The predicted molar refractivity (Wildman–Crippen MR) is 165 cm³/mol. The number of nitrogens with zero attached hydrogens (tertiary/aromatic N) is 1. The highest BCUT2D eigenvalue weighted by Gasteiger charge is 2.37. The summed E-state index contributed by atoms with van der Waals surface area (Å²) in [4.78, 5) is 94.0. The Bertz CT molecular complexity index is 1310. The predicted octanol–water partition coefficient (Wildman–Crippen LogP) is -9.91. The molecule has 0 saturated carbocycles. The van der Waals surface area contributed by atoms with E-state index in [1.165, 1.54) is 0 Å². The van der Waals surface area contributed by atoms with Gasteiger partial charge in [0.15, 0.2) is 12.2 Å². The number of nitrogens with two attached hydrogens (primary N) is 4. The highest BCUT2D eigenvalue weighted by molar-refractivity contribution is 6.02. The van der Waals surface area contributed by atoms with Crippen LogP contribution in [0.1, 0.15) is 19.3 Å². The second-order valence-electron chi connectivity index (χ2n) is 10.9. The molecule has 24 nitrogen and oxygen atoms in total. The number of primary amides is 1. The van der Waals surface area contributed by atoms with Crippen LogP contribution in [-0.4, -0.2) is 143 Å². The van der Waals surface area contributed by atoms with Crippen LogP contribution in [0.3, 0.4) is 0 Å². The quantitative estimate of drug-likeness (QED) is 0.0940. The van der Waals surface area contributed by atoms with Gasteiger partial charge in [-0.2, -0.15) is 0 Å². The molecule has 0 aliphatic carbocycles. The number of hydrogen-bond donors (Lipinski definition) is 16. The van der Waals surface area contributed by atoms with Crippen molar-refractivity contribution < 1.29 is 54.0 Å². The van der Waals surface area contributed by atoms with Crippen LogP contribution in [0, 0.1) is 0 Å². The molecule has 2 aliphatic rings. The van der Waals surface area contributed by atoms with Gasteiger partial charge < -0.3 is 85.9 Å². The molecule has 8 amide bonds. The van der Waals surface area contributed by atoms with Gasteiger partial charge in [0, 0.05) is 31.6 Å². The van der Waals surface area contributed by atoms with Crippen molar-refractivity contribution in [3.8, 4) is 0 Å². The Kier molecular flexibility index (Phi) is 15.5. The van der Waals surface area contributed by atoms with E-state index in [1.54, 1.807) is 0 Å². The normalized spacial score (nSPS) is 27.9. The van der Waals surface area contributed by atoms with E-state index in [1.807, 2.05) is 5.32 Å². The number of amides is 8. The molecule has 24 heteroatoms. The van der Waals surface area contributed by atoms with Crippen LogP contribution in [0.5, 0.6) is 0 Å². The largest absolute Gasteiger partial charge is 0.394 e. The summed E-state index contributed by atoms with van der Waals surface area (Å²) < 4.78 is 0. The molecule has 2 heterocycles. The zero-order valence-electron chi connectivity index (χ0n) is 26.0. The minimum Gasteiger partial charge on any atom is -0.394 e.